The number of nitrogens with one attached hydrogen (secondary N) is 2. The van der Waals surface area contributed by atoms with Crippen LogP contribution in [-0.2, 0) is 4.74 Å². The van der Waals surface area contributed by atoms with E-state index in [4.69, 9.17) is 9.84 Å². The van der Waals surface area contributed by atoms with E-state index in [0.717, 1.165) is 37.3 Å². The Labute approximate surface area is 150 Å². The summed E-state index contributed by atoms with van der Waals surface area (Å²) in [6.07, 6.45) is 2.72. The SMILES string of the molecule is CCCC(CCO)CN=C(NCC)NCC(OC)c1ccc(F)cc1. The minimum absolute atomic E-state index is 0.187. The van der Waals surface area contributed by atoms with E-state index in [1.54, 1.807) is 19.2 Å². The van der Waals surface area contributed by atoms with Crippen LogP contribution in [0, 0.1) is 11.7 Å². The molecule has 3 N–H and O–H groups in total. The Bertz CT molecular complexity index is 488. The van der Waals surface area contributed by atoms with Gasteiger partial charge in [0.05, 0.1) is 6.10 Å². The molecule has 0 aliphatic rings. The molecule has 6 heteroatoms. The second kappa shape index (κ2) is 12.7. The second-order valence-corrected chi connectivity index (χ2v) is 6.04. The van der Waals surface area contributed by atoms with Crippen LogP contribution in [0.1, 0.15) is 44.8 Å². The number of aliphatic hydroxyl groups excluding tert-OH is 1. The lowest BCUT2D eigenvalue weighted by atomic mass is 10.0. The van der Waals surface area contributed by atoms with Gasteiger partial charge in [-0.2, -0.15) is 0 Å². The highest BCUT2D eigenvalue weighted by Crippen LogP contribution is 2.16. The van der Waals surface area contributed by atoms with Gasteiger partial charge >= 0.3 is 0 Å². The Morgan fingerprint density at radius 3 is 2.48 bits per heavy atom. The molecule has 25 heavy (non-hydrogen) atoms. The summed E-state index contributed by atoms with van der Waals surface area (Å²) in [6.45, 7) is 6.33. The van der Waals surface area contributed by atoms with Crippen molar-refractivity contribution in [2.75, 3.05) is 33.4 Å². The summed E-state index contributed by atoms with van der Waals surface area (Å²) in [5.74, 6) is 0.860. The molecule has 5 nitrogen and oxygen atoms in total. The van der Waals surface area contributed by atoms with Gasteiger partial charge < -0.3 is 20.5 Å². The molecule has 0 aliphatic heterocycles. The third-order valence-electron chi connectivity index (χ3n) is 4.07. The molecule has 0 fully saturated rings. The van der Waals surface area contributed by atoms with E-state index in [-0.39, 0.29) is 18.5 Å². The molecule has 0 spiro atoms. The molecular weight excluding hydrogens is 321 g/mol. The number of ether oxygens (including phenoxy) is 1. The first-order valence-corrected chi connectivity index (χ1v) is 9.05. The van der Waals surface area contributed by atoms with Crippen molar-refractivity contribution < 1.29 is 14.2 Å². The van der Waals surface area contributed by atoms with Crippen molar-refractivity contribution in [2.24, 2.45) is 10.9 Å². The van der Waals surface area contributed by atoms with Crippen LogP contribution in [0.25, 0.3) is 0 Å². The third-order valence-corrected chi connectivity index (χ3v) is 4.07. The maximum absolute atomic E-state index is 13.1. The molecule has 0 saturated carbocycles. The topological polar surface area (TPSA) is 65.9 Å². The van der Waals surface area contributed by atoms with Gasteiger partial charge in [-0.05, 0) is 43.4 Å². The summed E-state index contributed by atoms with van der Waals surface area (Å²) >= 11 is 0. The van der Waals surface area contributed by atoms with Gasteiger partial charge in [0.25, 0.3) is 0 Å². The van der Waals surface area contributed by atoms with Crippen LogP contribution < -0.4 is 10.6 Å². The predicted molar refractivity (Wildman–Crippen MR) is 100 cm³/mol. The summed E-state index contributed by atoms with van der Waals surface area (Å²) in [5, 5.41) is 15.7. The molecule has 1 rings (SSSR count). The number of aliphatic hydroxyl groups is 1. The number of methoxy groups -OCH3 is 1. The van der Waals surface area contributed by atoms with E-state index < -0.39 is 0 Å². The molecule has 0 amide bonds. The average Bonchev–Trinajstić information content (AvgIpc) is 2.61. The number of hydrogen-bond acceptors (Lipinski definition) is 3. The van der Waals surface area contributed by atoms with E-state index in [1.807, 2.05) is 6.92 Å². The zero-order valence-corrected chi connectivity index (χ0v) is 15.6. The number of nitrogens with zero attached hydrogens (tertiary/aromatic N) is 1. The molecule has 0 aromatic heterocycles. The predicted octanol–water partition coefficient (Wildman–Crippen LogP) is 2.87. The number of halogens is 1. The smallest absolute Gasteiger partial charge is 0.191 e. The molecule has 2 atom stereocenters. The first-order valence-electron chi connectivity index (χ1n) is 9.05. The molecule has 1 aromatic rings. The zero-order valence-electron chi connectivity index (χ0n) is 15.6. The summed E-state index contributed by atoms with van der Waals surface area (Å²) < 4.78 is 18.6. The number of guanidine groups is 1. The number of benzene rings is 1. The van der Waals surface area contributed by atoms with E-state index in [9.17, 15) is 4.39 Å². The standard InChI is InChI=1S/C19H32FN3O2/c1-4-6-15(11-12-24)13-22-19(21-5-2)23-14-18(25-3)16-7-9-17(20)10-8-16/h7-10,15,18,24H,4-6,11-14H2,1-3H3,(H2,21,22,23). The zero-order chi connectivity index (χ0) is 18.5. The van der Waals surface area contributed by atoms with Crippen LogP contribution in [0.4, 0.5) is 4.39 Å². The fourth-order valence-electron chi connectivity index (χ4n) is 2.68. The van der Waals surface area contributed by atoms with Crippen LogP contribution in [0.3, 0.4) is 0 Å². The lowest BCUT2D eigenvalue weighted by Crippen LogP contribution is -2.40. The van der Waals surface area contributed by atoms with Crippen molar-refractivity contribution in [1.29, 1.82) is 0 Å². The minimum atomic E-state index is -0.257. The summed E-state index contributed by atoms with van der Waals surface area (Å²) in [5.41, 5.74) is 0.913. The van der Waals surface area contributed by atoms with Crippen LogP contribution >= 0.6 is 0 Å². The van der Waals surface area contributed by atoms with Gasteiger partial charge in [0.2, 0.25) is 0 Å². The van der Waals surface area contributed by atoms with Gasteiger partial charge in [-0.25, -0.2) is 4.39 Å². The van der Waals surface area contributed by atoms with Crippen molar-refractivity contribution in [3.05, 3.63) is 35.6 Å². The summed E-state index contributed by atoms with van der Waals surface area (Å²) in [6, 6.07) is 6.33. The second-order valence-electron chi connectivity index (χ2n) is 6.04. The number of hydrogen-bond donors (Lipinski definition) is 3. The van der Waals surface area contributed by atoms with Crippen molar-refractivity contribution in [1.82, 2.24) is 10.6 Å². The Morgan fingerprint density at radius 2 is 1.92 bits per heavy atom. The molecule has 0 bridgehead atoms. The minimum Gasteiger partial charge on any atom is -0.396 e. The Balaban J connectivity index is 2.65. The van der Waals surface area contributed by atoms with E-state index in [1.165, 1.54) is 12.1 Å². The number of aliphatic imine (C=N–C) groups is 1. The summed E-state index contributed by atoms with van der Waals surface area (Å²) in [7, 11) is 1.64. The van der Waals surface area contributed by atoms with Gasteiger partial charge in [-0.15, -0.1) is 0 Å². The first-order chi connectivity index (χ1) is 12.1. The molecule has 1 aromatic carbocycles. The van der Waals surface area contributed by atoms with Crippen LogP contribution in [-0.4, -0.2) is 44.4 Å². The van der Waals surface area contributed by atoms with Crippen LogP contribution in [0.5, 0.6) is 0 Å². The van der Waals surface area contributed by atoms with Crippen molar-refractivity contribution >= 4 is 5.96 Å². The Hall–Kier alpha value is -1.66. The first kappa shape index (κ1) is 21.4. The van der Waals surface area contributed by atoms with Gasteiger partial charge in [0.15, 0.2) is 5.96 Å². The van der Waals surface area contributed by atoms with E-state index in [2.05, 4.69) is 22.5 Å². The Morgan fingerprint density at radius 1 is 1.20 bits per heavy atom. The van der Waals surface area contributed by atoms with Crippen molar-refractivity contribution in [2.45, 2.75) is 39.2 Å². The highest BCUT2D eigenvalue weighted by Gasteiger charge is 2.12. The molecule has 142 valence electrons. The number of rotatable bonds is 11. The van der Waals surface area contributed by atoms with Crippen molar-refractivity contribution in [3.8, 4) is 0 Å². The van der Waals surface area contributed by atoms with Gasteiger partial charge in [-0.1, -0.05) is 25.5 Å². The maximum Gasteiger partial charge on any atom is 0.191 e. The third kappa shape index (κ3) is 8.31. The van der Waals surface area contributed by atoms with Gasteiger partial charge in [0, 0.05) is 33.4 Å². The largest absolute Gasteiger partial charge is 0.396 e. The lowest BCUT2D eigenvalue weighted by Gasteiger charge is -2.19. The van der Waals surface area contributed by atoms with Gasteiger partial charge in [0.1, 0.15) is 5.82 Å². The summed E-state index contributed by atoms with van der Waals surface area (Å²) in [4.78, 5) is 4.63. The fraction of sp³-hybridized carbons (Fsp3) is 0.632. The van der Waals surface area contributed by atoms with Gasteiger partial charge in [-0.3, -0.25) is 4.99 Å². The Kier molecular flexibility index (Phi) is 10.8. The monoisotopic (exact) mass is 353 g/mol. The maximum atomic E-state index is 13.1. The highest BCUT2D eigenvalue weighted by molar-refractivity contribution is 5.79. The van der Waals surface area contributed by atoms with Crippen LogP contribution in [0.15, 0.2) is 29.3 Å². The molecule has 0 saturated heterocycles. The van der Waals surface area contributed by atoms with Crippen molar-refractivity contribution in [3.63, 3.8) is 0 Å². The molecular formula is C19H32FN3O2. The fourth-order valence-corrected chi connectivity index (χ4v) is 2.68. The lowest BCUT2D eigenvalue weighted by molar-refractivity contribution is 0.106. The van der Waals surface area contributed by atoms with E-state index >= 15 is 0 Å². The van der Waals surface area contributed by atoms with Crippen LogP contribution in [0.2, 0.25) is 0 Å². The molecule has 2 unspecified atom stereocenters. The molecule has 0 radical (unpaired) electrons. The van der Waals surface area contributed by atoms with E-state index in [0.29, 0.717) is 19.0 Å². The quantitative estimate of drug-likeness (QED) is 0.423. The average molecular weight is 353 g/mol. The molecule has 0 aliphatic carbocycles. The normalized spacial score (nSPS) is 14.2. The molecule has 0 heterocycles. The highest BCUT2D eigenvalue weighted by atomic mass is 19.1.